The van der Waals surface area contributed by atoms with E-state index in [1.165, 1.54) is 12.4 Å². The molecule has 0 aliphatic carbocycles. The van der Waals surface area contributed by atoms with E-state index in [1.807, 2.05) is 18.2 Å². The van der Waals surface area contributed by atoms with Crippen molar-refractivity contribution in [2.75, 3.05) is 7.11 Å². The third kappa shape index (κ3) is 1.53. The van der Waals surface area contributed by atoms with E-state index in [1.54, 1.807) is 7.11 Å². The largest absolute Gasteiger partial charge is 0.619 e. The molecule has 4 heteroatoms. The average molecular weight is 254 g/mol. The predicted molar refractivity (Wildman–Crippen MR) is 57.2 cm³/mol. The molecule has 1 heterocycles. The van der Waals surface area contributed by atoms with Crippen LogP contribution in [0.2, 0.25) is 0 Å². The Balaban J connectivity index is 2.81. The monoisotopic (exact) mass is 253 g/mol. The van der Waals surface area contributed by atoms with Crippen LogP contribution in [0.4, 0.5) is 0 Å². The molecule has 0 N–H and O–H groups in total. The first-order valence-corrected chi connectivity index (χ1v) is 4.86. The second-order valence-electron chi connectivity index (χ2n) is 2.92. The molecule has 0 saturated heterocycles. The Morgan fingerprint density at radius 3 is 2.86 bits per heavy atom. The molecule has 0 spiro atoms. The lowest BCUT2D eigenvalue weighted by atomic mass is 10.2. The molecule has 0 fully saturated rings. The van der Waals surface area contributed by atoms with E-state index in [0.717, 1.165) is 20.0 Å². The molecule has 3 nitrogen and oxygen atoms in total. The zero-order valence-corrected chi connectivity index (χ0v) is 9.11. The Morgan fingerprint density at radius 2 is 2.14 bits per heavy atom. The highest BCUT2D eigenvalue weighted by molar-refractivity contribution is 9.10. The summed E-state index contributed by atoms with van der Waals surface area (Å²) in [5.41, 5.74) is 0. The van der Waals surface area contributed by atoms with Crippen molar-refractivity contribution < 1.29 is 9.47 Å². The first kappa shape index (κ1) is 9.27. The summed E-state index contributed by atoms with van der Waals surface area (Å²) in [6, 6.07) is 5.71. The molecule has 0 unspecified atom stereocenters. The Labute approximate surface area is 89.6 Å². The maximum atomic E-state index is 11.2. The topological polar surface area (TPSA) is 36.2 Å². The van der Waals surface area contributed by atoms with Gasteiger partial charge in [0.25, 0.3) is 0 Å². The summed E-state index contributed by atoms with van der Waals surface area (Å²) in [6.07, 6.45) is 2.93. The van der Waals surface area contributed by atoms with Crippen molar-refractivity contribution in [3.8, 4) is 5.75 Å². The fourth-order valence-corrected chi connectivity index (χ4v) is 1.77. The van der Waals surface area contributed by atoms with Crippen LogP contribution in [-0.4, -0.2) is 7.11 Å². The van der Waals surface area contributed by atoms with E-state index >= 15 is 0 Å². The molecule has 0 aliphatic heterocycles. The number of halogens is 1. The van der Waals surface area contributed by atoms with Crippen LogP contribution in [0.15, 0.2) is 35.1 Å². The molecule has 2 rings (SSSR count). The number of benzene rings is 1. The molecular formula is C10H8BrNO2. The molecule has 0 aliphatic rings. The van der Waals surface area contributed by atoms with Crippen LogP contribution in [0.25, 0.3) is 10.8 Å². The van der Waals surface area contributed by atoms with Gasteiger partial charge in [0, 0.05) is 9.86 Å². The Bertz CT molecular complexity index is 480. The smallest absolute Gasteiger partial charge is 0.223 e. The molecule has 0 amide bonds. The third-order valence-corrected chi connectivity index (χ3v) is 2.50. The van der Waals surface area contributed by atoms with E-state index in [9.17, 15) is 5.21 Å². The molecule has 1 aromatic heterocycles. The number of ether oxygens (including phenoxy) is 1. The highest BCUT2D eigenvalue weighted by Gasteiger charge is 2.06. The molecule has 0 atom stereocenters. The number of fused-ring (bicyclic) bond motifs is 1. The minimum atomic E-state index is 0.588. The van der Waals surface area contributed by atoms with Crippen molar-refractivity contribution in [3.63, 3.8) is 0 Å². The van der Waals surface area contributed by atoms with Gasteiger partial charge in [0.15, 0.2) is 11.9 Å². The van der Waals surface area contributed by atoms with E-state index in [2.05, 4.69) is 15.9 Å². The average Bonchev–Trinajstić information content (AvgIpc) is 2.15. The minimum absolute atomic E-state index is 0.588. The molecule has 2 aromatic rings. The number of rotatable bonds is 1. The maximum Gasteiger partial charge on any atom is 0.223 e. The van der Waals surface area contributed by atoms with Crippen LogP contribution >= 0.6 is 15.9 Å². The fourth-order valence-electron chi connectivity index (χ4n) is 1.39. The van der Waals surface area contributed by atoms with Crippen molar-refractivity contribution >= 4 is 26.7 Å². The third-order valence-electron chi connectivity index (χ3n) is 2.01. The minimum Gasteiger partial charge on any atom is -0.619 e. The highest BCUT2D eigenvalue weighted by atomic mass is 79.9. The highest BCUT2D eigenvalue weighted by Crippen LogP contribution is 2.25. The number of hydrogen-bond donors (Lipinski definition) is 0. The molecule has 0 bridgehead atoms. The predicted octanol–water partition coefficient (Wildman–Crippen LogP) is 2.24. The zero-order valence-electron chi connectivity index (χ0n) is 7.53. The number of nitrogens with zero attached hydrogens (tertiary/aromatic N) is 1. The van der Waals surface area contributed by atoms with Gasteiger partial charge >= 0.3 is 0 Å². The maximum absolute atomic E-state index is 11.2. The fraction of sp³-hybridized carbons (Fsp3) is 0.100. The molecule has 1 aromatic carbocycles. The van der Waals surface area contributed by atoms with Crippen molar-refractivity contribution in [1.82, 2.24) is 0 Å². The molecular weight excluding hydrogens is 246 g/mol. The summed E-state index contributed by atoms with van der Waals surface area (Å²) in [5, 5.41) is 13.0. The second kappa shape index (κ2) is 3.46. The number of hydrogen-bond acceptors (Lipinski definition) is 2. The first-order valence-electron chi connectivity index (χ1n) is 4.07. The van der Waals surface area contributed by atoms with Crippen LogP contribution in [0.3, 0.4) is 0 Å². The number of pyridine rings is 1. The van der Waals surface area contributed by atoms with E-state index < -0.39 is 0 Å². The van der Waals surface area contributed by atoms with Gasteiger partial charge in [-0.05, 0) is 18.2 Å². The molecule has 0 radical (unpaired) electrons. The Hall–Kier alpha value is -1.29. The molecule has 14 heavy (non-hydrogen) atoms. The summed E-state index contributed by atoms with van der Waals surface area (Å²) in [7, 11) is 1.55. The summed E-state index contributed by atoms with van der Waals surface area (Å²) in [4.78, 5) is 0. The summed E-state index contributed by atoms with van der Waals surface area (Å²) in [6.45, 7) is 0. The van der Waals surface area contributed by atoms with Crippen LogP contribution < -0.4 is 9.47 Å². The van der Waals surface area contributed by atoms with Crippen molar-refractivity contribution in [2.45, 2.75) is 0 Å². The van der Waals surface area contributed by atoms with Crippen LogP contribution in [0.1, 0.15) is 0 Å². The van der Waals surface area contributed by atoms with E-state index in [-0.39, 0.29) is 0 Å². The summed E-state index contributed by atoms with van der Waals surface area (Å²) >= 11 is 3.35. The van der Waals surface area contributed by atoms with Crippen LogP contribution in [0.5, 0.6) is 5.75 Å². The van der Waals surface area contributed by atoms with Crippen molar-refractivity contribution in [3.05, 3.63) is 40.3 Å². The van der Waals surface area contributed by atoms with Gasteiger partial charge in [-0.2, -0.15) is 4.73 Å². The standard InChI is InChI=1S/C10H8BrNO2/c1-14-10-6-12(13)5-7-4-8(11)2-3-9(7)10/h2-6H,1H3. The van der Waals surface area contributed by atoms with Crippen molar-refractivity contribution in [1.29, 1.82) is 0 Å². The second-order valence-corrected chi connectivity index (χ2v) is 3.83. The zero-order chi connectivity index (χ0) is 10.1. The first-order chi connectivity index (χ1) is 6.70. The summed E-state index contributed by atoms with van der Waals surface area (Å²) < 4.78 is 6.80. The lowest BCUT2D eigenvalue weighted by Crippen LogP contribution is -2.24. The summed E-state index contributed by atoms with van der Waals surface area (Å²) in [5.74, 6) is 0.588. The Kier molecular flexibility index (Phi) is 2.29. The van der Waals surface area contributed by atoms with Gasteiger partial charge < -0.3 is 9.94 Å². The van der Waals surface area contributed by atoms with Gasteiger partial charge in [-0.15, -0.1) is 0 Å². The van der Waals surface area contributed by atoms with Gasteiger partial charge in [-0.3, -0.25) is 0 Å². The number of aromatic nitrogens is 1. The SMILES string of the molecule is COc1c[n+]([O-])cc2cc(Br)ccc12. The normalized spacial score (nSPS) is 10.4. The lowest BCUT2D eigenvalue weighted by Gasteiger charge is -2.05. The lowest BCUT2D eigenvalue weighted by molar-refractivity contribution is -0.604. The van der Waals surface area contributed by atoms with Gasteiger partial charge in [-0.25, -0.2) is 0 Å². The van der Waals surface area contributed by atoms with Gasteiger partial charge in [0.1, 0.15) is 0 Å². The van der Waals surface area contributed by atoms with Gasteiger partial charge in [0.05, 0.1) is 12.5 Å². The molecule has 72 valence electrons. The van der Waals surface area contributed by atoms with Crippen LogP contribution in [0, 0.1) is 5.21 Å². The van der Waals surface area contributed by atoms with Gasteiger partial charge in [-0.1, -0.05) is 15.9 Å². The van der Waals surface area contributed by atoms with E-state index in [4.69, 9.17) is 4.74 Å². The van der Waals surface area contributed by atoms with E-state index in [0.29, 0.717) is 5.75 Å². The van der Waals surface area contributed by atoms with Crippen LogP contribution in [-0.2, 0) is 0 Å². The van der Waals surface area contributed by atoms with Crippen molar-refractivity contribution in [2.24, 2.45) is 0 Å². The quantitative estimate of drug-likeness (QED) is 0.578. The van der Waals surface area contributed by atoms with Gasteiger partial charge in [0.2, 0.25) is 6.20 Å². The molecule has 0 saturated carbocycles. The Morgan fingerprint density at radius 1 is 1.36 bits per heavy atom. The number of methoxy groups -OCH3 is 1.